The number of benzene rings is 1. The molecular formula is C22H23ClN4O. The number of hydrogen-bond acceptors (Lipinski definition) is 4. The Kier molecular flexibility index (Phi) is 5.55. The highest BCUT2D eigenvalue weighted by molar-refractivity contribution is 6.30. The molecule has 0 radical (unpaired) electrons. The van der Waals surface area contributed by atoms with Gasteiger partial charge in [0.05, 0.1) is 5.69 Å². The van der Waals surface area contributed by atoms with Crippen molar-refractivity contribution >= 4 is 17.4 Å². The van der Waals surface area contributed by atoms with Gasteiger partial charge < -0.3 is 0 Å². The Morgan fingerprint density at radius 1 is 1.29 bits per heavy atom. The second kappa shape index (κ2) is 8.25. The molecule has 3 aromatic rings. The Labute approximate surface area is 170 Å². The molecule has 0 amide bonds. The minimum absolute atomic E-state index is 0.0178. The van der Waals surface area contributed by atoms with E-state index in [1.165, 1.54) is 0 Å². The first-order valence-corrected chi connectivity index (χ1v) is 9.93. The van der Waals surface area contributed by atoms with Gasteiger partial charge in [0.25, 0.3) is 0 Å². The van der Waals surface area contributed by atoms with Crippen LogP contribution in [0.4, 0.5) is 0 Å². The smallest absolute Gasteiger partial charge is 0.168 e. The molecule has 1 aromatic carbocycles. The lowest BCUT2D eigenvalue weighted by atomic mass is 9.90. The molecule has 4 rings (SSSR count). The number of likely N-dealkylation sites (tertiary alicyclic amines) is 1. The van der Waals surface area contributed by atoms with Crippen LogP contribution >= 0.6 is 11.6 Å². The predicted molar refractivity (Wildman–Crippen MR) is 110 cm³/mol. The van der Waals surface area contributed by atoms with Crippen LogP contribution < -0.4 is 0 Å². The van der Waals surface area contributed by atoms with Crippen LogP contribution in [0.15, 0.2) is 55.0 Å². The molecule has 0 saturated carbocycles. The Bertz CT molecular complexity index is 970. The summed E-state index contributed by atoms with van der Waals surface area (Å²) < 4.78 is 1.84. The fourth-order valence-electron chi connectivity index (χ4n) is 3.93. The Morgan fingerprint density at radius 2 is 2.18 bits per heavy atom. The van der Waals surface area contributed by atoms with Crippen molar-refractivity contribution in [2.45, 2.75) is 19.4 Å². The third kappa shape index (κ3) is 4.16. The number of pyridine rings is 1. The molecule has 6 heteroatoms. The van der Waals surface area contributed by atoms with Gasteiger partial charge in [0.15, 0.2) is 5.78 Å². The second-order valence-electron chi connectivity index (χ2n) is 7.37. The first-order valence-electron chi connectivity index (χ1n) is 9.55. The summed E-state index contributed by atoms with van der Waals surface area (Å²) in [5, 5.41) is 5.35. The number of ketones is 1. The Hall–Kier alpha value is -2.50. The minimum atomic E-state index is 0.0178. The van der Waals surface area contributed by atoms with Crippen molar-refractivity contribution in [1.82, 2.24) is 19.7 Å². The lowest BCUT2D eigenvalue weighted by molar-refractivity contribution is 0.0811. The molecule has 1 atom stereocenters. The van der Waals surface area contributed by atoms with Gasteiger partial charge >= 0.3 is 0 Å². The largest absolute Gasteiger partial charge is 0.298 e. The summed E-state index contributed by atoms with van der Waals surface area (Å²) in [5.74, 6) is 0.211. The maximum Gasteiger partial charge on any atom is 0.168 e. The van der Waals surface area contributed by atoms with Gasteiger partial charge in [-0.15, -0.1) is 0 Å². The number of Topliss-reactive ketones (excluding diaryl/α,β-unsaturated/α-hetero) is 1. The maximum atomic E-state index is 12.8. The lowest BCUT2D eigenvalue weighted by Crippen LogP contribution is -2.38. The van der Waals surface area contributed by atoms with E-state index in [0.29, 0.717) is 10.6 Å². The summed E-state index contributed by atoms with van der Waals surface area (Å²) in [7, 11) is 1.93. The average Bonchev–Trinajstić information content (AvgIpc) is 3.08. The summed E-state index contributed by atoms with van der Waals surface area (Å²) in [5.41, 5.74) is 3.82. The average molecular weight is 395 g/mol. The Morgan fingerprint density at radius 3 is 2.96 bits per heavy atom. The molecule has 0 spiro atoms. The topological polar surface area (TPSA) is 51.0 Å². The van der Waals surface area contributed by atoms with Gasteiger partial charge in [0, 0.05) is 66.4 Å². The van der Waals surface area contributed by atoms with E-state index in [4.69, 9.17) is 11.6 Å². The van der Waals surface area contributed by atoms with Gasteiger partial charge in [-0.2, -0.15) is 5.10 Å². The third-order valence-electron chi connectivity index (χ3n) is 5.22. The van der Waals surface area contributed by atoms with Crippen LogP contribution in [0.5, 0.6) is 0 Å². The monoisotopic (exact) mass is 394 g/mol. The molecule has 1 unspecified atom stereocenters. The van der Waals surface area contributed by atoms with Gasteiger partial charge in [-0.25, -0.2) is 0 Å². The molecule has 0 aliphatic carbocycles. The second-order valence-corrected chi connectivity index (χ2v) is 7.80. The molecular weight excluding hydrogens is 372 g/mol. The number of aromatic nitrogens is 3. The number of halogens is 1. The normalized spacial score (nSPS) is 17.6. The van der Waals surface area contributed by atoms with E-state index in [1.54, 1.807) is 12.4 Å². The molecule has 1 fully saturated rings. The molecule has 0 N–H and O–H groups in total. The number of rotatable bonds is 5. The van der Waals surface area contributed by atoms with E-state index >= 15 is 0 Å². The van der Waals surface area contributed by atoms with Crippen LogP contribution in [0.25, 0.3) is 11.3 Å². The predicted octanol–water partition coefficient (Wildman–Crippen LogP) is 4.23. The van der Waals surface area contributed by atoms with Gasteiger partial charge in [0.1, 0.15) is 0 Å². The standard InChI is InChI=1S/C22H23ClN4O/c1-26-13-19(21(25-26)16-5-2-8-20(23)11-16)15-27-10-4-7-18(14-27)22(28)17-6-3-9-24-12-17/h2-3,5-6,8-9,11-13,18H,4,7,10,14-15H2,1H3. The first-order chi connectivity index (χ1) is 13.6. The van der Waals surface area contributed by atoms with Crippen molar-refractivity contribution in [2.75, 3.05) is 13.1 Å². The molecule has 1 aliphatic rings. The van der Waals surface area contributed by atoms with Crippen LogP contribution in [-0.2, 0) is 13.6 Å². The van der Waals surface area contributed by atoms with Crippen LogP contribution in [-0.4, -0.2) is 38.5 Å². The van der Waals surface area contributed by atoms with E-state index in [2.05, 4.69) is 21.2 Å². The highest BCUT2D eigenvalue weighted by Crippen LogP contribution is 2.28. The zero-order chi connectivity index (χ0) is 19.5. The van der Waals surface area contributed by atoms with Gasteiger partial charge in [-0.3, -0.25) is 19.4 Å². The lowest BCUT2D eigenvalue weighted by Gasteiger charge is -2.31. The van der Waals surface area contributed by atoms with Crippen LogP contribution in [0.2, 0.25) is 5.02 Å². The summed E-state index contributed by atoms with van der Waals surface area (Å²) in [6.45, 7) is 2.52. The number of hydrogen-bond donors (Lipinski definition) is 0. The maximum absolute atomic E-state index is 12.8. The number of piperidine rings is 1. The summed E-state index contributed by atoms with van der Waals surface area (Å²) >= 11 is 6.17. The van der Waals surface area contributed by atoms with Gasteiger partial charge in [0.2, 0.25) is 0 Å². The Balaban J connectivity index is 1.51. The molecule has 5 nitrogen and oxygen atoms in total. The van der Waals surface area contributed by atoms with E-state index in [1.807, 2.05) is 48.1 Å². The highest BCUT2D eigenvalue weighted by atomic mass is 35.5. The van der Waals surface area contributed by atoms with E-state index in [0.717, 1.165) is 49.3 Å². The number of aryl methyl sites for hydroxylation is 1. The zero-order valence-electron chi connectivity index (χ0n) is 15.9. The molecule has 1 aliphatic heterocycles. The van der Waals surface area contributed by atoms with E-state index in [-0.39, 0.29) is 11.7 Å². The quantitative estimate of drug-likeness (QED) is 0.607. The number of carbonyl (C=O) groups is 1. The van der Waals surface area contributed by atoms with Crippen molar-refractivity contribution in [3.8, 4) is 11.3 Å². The highest BCUT2D eigenvalue weighted by Gasteiger charge is 2.27. The number of nitrogens with zero attached hydrogens (tertiary/aromatic N) is 4. The van der Waals surface area contributed by atoms with Crippen molar-refractivity contribution in [1.29, 1.82) is 0 Å². The molecule has 3 heterocycles. The van der Waals surface area contributed by atoms with Crippen molar-refractivity contribution in [3.63, 3.8) is 0 Å². The fraction of sp³-hybridized carbons (Fsp3) is 0.318. The minimum Gasteiger partial charge on any atom is -0.298 e. The third-order valence-corrected chi connectivity index (χ3v) is 5.45. The van der Waals surface area contributed by atoms with Crippen LogP contribution in [0.3, 0.4) is 0 Å². The molecule has 28 heavy (non-hydrogen) atoms. The van der Waals surface area contributed by atoms with E-state index < -0.39 is 0 Å². The van der Waals surface area contributed by atoms with Crippen LogP contribution in [0, 0.1) is 5.92 Å². The fourth-order valence-corrected chi connectivity index (χ4v) is 4.12. The SMILES string of the molecule is Cn1cc(CN2CCCC(C(=O)c3cccnc3)C2)c(-c2cccc(Cl)c2)n1. The zero-order valence-corrected chi connectivity index (χ0v) is 16.6. The van der Waals surface area contributed by atoms with Crippen LogP contribution in [0.1, 0.15) is 28.8 Å². The summed E-state index contributed by atoms with van der Waals surface area (Å²) in [4.78, 5) is 19.3. The first kappa shape index (κ1) is 18.8. The molecule has 0 bridgehead atoms. The summed E-state index contributed by atoms with van der Waals surface area (Å²) in [6.07, 6.45) is 7.37. The molecule has 2 aromatic heterocycles. The van der Waals surface area contributed by atoms with Crippen molar-refractivity contribution in [2.24, 2.45) is 13.0 Å². The molecule has 1 saturated heterocycles. The van der Waals surface area contributed by atoms with Crippen molar-refractivity contribution < 1.29 is 4.79 Å². The van der Waals surface area contributed by atoms with E-state index in [9.17, 15) is 4.79 Å². The van der Waals surface area contributed by atoms with Gasteiger partial charge in [-0.1, -0.05) is 23.7 Å². The molecule has 144 valence electrons. The summed E-state index contributed by atoms with van der Waals surface area (Å²) in [6, 6.07) is 11.5. The van der Waals surface area contributed by atoms with Crippen molar-refractivity contribution in [3.05, 3.63) is 71.1 Å². The number of carbonyl (C=O) groups excluding carboxylic acids is 1. The van der Waals surface area contributed by atoms with Gasteiger partial charge in [-0.05, 0) is 43.7 Å².